The Morgan fingerprint density at radius 3 is 2.25 bits per heavy atom. The van der Waals surface area contributed by atoms with Crippen molar-refractivity contribution in [2.24, 2.45) is 0 Å². The molecule has 4 aromatic rings. The van der Waals surface area contributed by atoms with Gasteiger partial charge in [0, 0.05) is 15.8 Å². The van der Waals surface area contributed by atoms with Crippen molar-refractivity contribution in [1.82, 2.24) is 20.1 Å². The van der Waals surface area contributed by atoms with Crippen molar-refractivity contribution in [2.45, 2.75) is 44.1 Å². The van der Waals surface area contributed by atoms with Gasteiger partial charge in [-0.2, -0.15) is 0 Å². The second kappa shape index (κ2) is 12.2. The summed E-state index contributed by atoms with van der Waals surface area (Å²) in [7, 11) is 1.60. The first-order valence-electron chi connectivity index (χ1n) is 11.9. The Bertz CT molecular complexity index is 1300. The molecule has 0 atom stereocenters. The molecule has 186 valence electrons. The number of hydrogen-bond acceptors (Lipinski definition) is 5. The second-order valence-electron chi connectivity index (χ2n) is 8.19. The summed E-state index contributed by atoms with van der Waals surface area (Å²) in [5, 5.41) is 12.9. The number of rotatable bonds is 10. The van der Waals surface area contributed by atoms with Crippen LogP contribution >= 0.6 is 27.7 Å². The van der Waals surface area contributed by atoms with Gasteiger partial charge in [0.05, 0.1) is 19.3 Å². The van der Waals surface area contributed by atoms with Crippen LogP contribution in [-0.4, -0.2) is 27.8 Å². The zero-order valence-electron chi connectivity index (χ0n) is 20.6. The van der Waals surface area contributed by atoms with Gasteiger partial charge >= 0.3 is 0 Å². The Kier molecular flexibility index (Phi) is 8.83. The van der Waals surface area contributed by atoms with E-state index in [0.29, 0.717) is 17.1 Å². The average molecular weight is 566 g/mol. The summed E-state index contributed by atoms with van der Waals surface area (Å²) in [6.45, 7) is 4.57. The van der Waals surface area contributed by atoms with E-state index >= 15 is 0 Å². The first-order chi connectivity index (χ1) is 17.5. The SMILES string of the molecule is CCc1cccc(CC)c1-n1c(CNC(=O)c2ccc(OC)cc2)nnc1SCc1ccc(Br)cc1. The predicted molar refractivity (Wildman–Crippen MR) is 148 cm³/mol. The number of aromatic nitrogens is 3. The van der Waals surface area contributed by atoms with Crippen LogP contribution in [-0.2, 0) is 25.1 Å². The molecule has 0 aliphatic rings. The Balaban J connectivity index is 1.65. The zero-order valence-corrected chi connectivity index (χ0v) is 23.0. The van der Waals surface area contributed by atoms with E-state index in [-0.39, 0.29) is 12.5 Å². The summed E-state index contributed by atoms with van der Waals surface area (Å²) in [4.78, 5) is 12.8. The highest BCUT2D eigenvalue weighted by Crippen LogP contribution is 2.30. The highest BCUT2D eigenvalue weighted by molar-refractivity contribution is 9.10. The minimum absolute atomic E-state index is 0.171. The lowest BCUT2D eigenvalue weighted by molar-refractivity contribution is 0.0949. The van der Waals surface area contributed by atoms with Crippen molar-refractivity contribution in [2.75, 3.05) is 7.11 Å². The second-order valence-corrected chi connectivity index (χ2v) is 10.1. The summed E-state index contributed by atoms with van der Waals surface area (Å²) < 4.78 is 8.37. The Labute approximate surface area is 224 Å². The predicted octanol–water partition coefficient (Wildman–Crippen LogP) is 6.39. The molecule has 0 aliphatic heterocycles. The number of benzene rings is 3. The largest absolute Gasteiger partial charge is 0.497 e. The van der Waals surface area contributed by atoms with Gasteiger partial charge in [0.15, 0.2) is 11.0 Å². The number of methoxy groups -OCH3 is 1. The number of halogens is 1. The number of carbonyl (C=O) groups is 1. The van der Waals surface area contributed by atoms with Crippen molar-refractivity contribution in [3.8, 4) is 11.4 Å². The van der Waals surface area contributed by atoms with Gasteiger partial charge in [-0.05, 0) is 65.9 Å². The highest BCUT2D eigenvalue weighted by atomic mass is 79.9. The van der Waals surface area contributed by atoms with Crippen molar-refractivity contribution in [3.05, 3.63) is 99.3 Å². The van der Waals surface area contributed by atoms with Crippen LogP contribution in [0.1, 0.15) is 46.7 Å². The smallest absolute Gasteiger partial charge is 0.251 e. The van der Waals surface area contributed by atoms with Crippen LogP contribution in [0.25, 0.3) is 5.69 Å². The molecule has 0 aliphatic carbocycles. The summed E-state index contributed by atoms with van der Waals surface area (Å²) >= 11 is 5.14. The van der Waals surface area contributed by atoms with Crippen molar-refractivity contribution >= 4 is 33.6 Å². The molecule has 0 unspecified atom stereocenters. The third-order valence-corrected chi connectivity index (χ3v) is 7.46. The number of para-hydroxylation sites is 1. The summed E-state index contributed by atoms with van der Waals surface area (Å²) in [5.74, 6) is 2.00. The van der Waals surface area contributed by atoms with E-state index in [4.69, 9.17) is 4.74 Å². The van der Waals surface area contributed by atoms with E-state index in [1.807, 2.05) is 12.1 Å². The fraction of sp³-hybridized carbons (Fsp3) is 0.250. The molecule has 1 N–H and O–H groups in total. The number of hydrogen-bond donors (Lipinski definition) is 1. The lowest BCUT2D eigenvalue weighted by Gasteiger charge is -2.18. The maximum Gasteiger partial charge on any atom is 0.251 e. The highest BCUT2D eigenvalue weighted by Gasteiger charge is 2.20. The normalized spacial score (nSPS) is 10.9. The van der Waals surface area contributed by atoms with Crippen LogP contribution in [0.5, 0.6) is 5.75 Å². The number of aryl methyl sites for hydroxylation is 2. The molecule has 0 saturated carbocycles. The molecule has 1 heterocycles. The number of amides is 1. The first kappa shape index (κ1) is 26.0. The third kappa shape index (κ3) is 5.99. The van der Waals surface area contributed by atoms with Gasteiger partial charge in [-0.3, -0.25) is 9.36 Å². The molecular weight excluding hydrogens is 536 g/mol. The number of carbonyl (C=O) groups excluding carboxylic acids is 1. The maximum absolute atomic E-state index is 12.8. The van der Waals surface area contributed by atoms with Gasteiger partial charge in [0.1, 0.15) is 5.75 Å². The first-order valence-corrected chi connectivity index (χ1v) is 13.7. The Morgan fingerprint density at radius 2 is 1.64 bits per heavy atom. The molecule has 0 saturated heterocycles. The lowest BCUT2D eigenvalue weighted by atomic mass is 10.0. The van der Waals surface area contributed by atoms with E-state index < -0.39 is 0 Å². The third-order valence-electron chi connectivity index (χ3n) is 5.93. The molecule has 0 spiro atoms. The van der Waals surface area contributed by atoms with Crippen molar-refractivity contribution in [1.29, 1.82) is 0 Å². The number of nitrogens with zero attached hydrogens (tertiary/aromatic N) is 3. The van der Waals surface area contributed by atoms with Crippen molar-refractivity contribution in [3.63, 3.8) is 0 Å². The number of nitrogens with one attached hydrogen (secondary N) is 1. The van der Waals surface area contributed by atoms with E-state index in [9.17, 15) is 4.79 Å². The summed E-state index contributed by atoms with van der Waals surface area (Å²) in [5.41, 5.74) is 5.32. The summed E-state index contributed by atoms with van der Waals surface area (Å²) in [6, 6.07) is 21.7. The van der Waals surface area contributed by atoms with E-state index in [1.54, 1.807) is 43.1 Å². The van der Waals surface area contributed by atoms with Gasteiger partial charge < -0.3 is 10.1 Å². The van der Waals surface area contributed by atoms with Crippen LogP contribution in [0.3, 0.4) is 0 Å². The molecule has 0 bridgehead atoms. The molecular formula is C28H29BrN4O2S. The molecule has 1 aromatic heterocycles. The molecule has 4 rings (SSSR count). The monoisotopic (exact) mass is 564 g/mol. The molecule has 0 fully saturated rings. The Morgan fingerprint density at radius 1 is 0.972 bits per heavy atom. The molecule has 36 heavy (non-hydrogen) atoms. The molecule has 0 radical (unpaired) electrons. The molecule has 1 amide bonds. The fourth-order valence-electron chi connectivity index (χ4n) is 3.97. The lowest BCUT2D eigenvalue weighted by Crippen LogP contribution is -2.25. The quantitative estimate of drug-likeness (QED) is 0.226. The van der Waals surface area contributed by atoms with Crippen LogP contribution < -0.4 is 10.1 Å². The zero-order chi connectivity index (χ0) is 25.5. The van der Waals surface area contributed by atoms with Gasteiger partial charge in [-0.15, -0.1) is 10.2 Å². The molecule has 6 nitrogen and oxygen atoms in total. The van der Waals surface area contributed by atoms with Crippen LogP contribution in [0.15, 0.2) is 76.4 Å². The van der Waals surface area contributed by atoms with Gasteiger partial charge in [0.25, 0.3) is 5.91 Å². The number of thioether (sulfide) groups is 1. The van der Waals surface area contributed by atoms with Gasteiger partial charge in [0.2, 0.25) is 0 Å². The minimum atomic E-state index is -0.171. The summed E-state index contributed by atoms with van der Waals surface area (Å²) in [6.07, 6.45) is 1.77. The molecule has 3 aromatic carbocycles. The van der Waals surface area contributed by atoms with Gasteiger partial charge in [-0.1, -0.05) is 71.9 Å². The van der Waals surface area contributed by atoms with E-state index in [0.717, 1.165) is 33.9 Å². The van der Waals surface area contributed by atoms with E-state index in [2.05, 4.69) is 80.2 Å². The standard InChI is InChI=1S/C28H29BrN4O2S/c1-4-20-7-6-8-21(5-2)26(20)33-25(17-30-27(34)22-11-15-24(35-3)16-12-22)31-32-28(33)36-18-19-9-13-23(29)14-10-19/h6-16H,4-5,17-18H2,1-3H3,(H,30,34). The topological polar surface area (TPSA) is 69.0 Å². The van der Waals surface area contributed by atoms with Crippen LogP contribution in [0.2, 0.25) is 0 Å². The maximum atomic E-state index is 12.8. The van der Waals surface area contributed by atoms with E-state index in [1.165, 1.54) is 16.7 Å². The van der Waals surface area contributed by atoms with Crippen molar-refractivity contribution < 1.29 is 9.53 Å². The average Bonchev–Trinajstić information content (AvgIpc) is 3.33. The molecule has 8 heteroatoms. The van der Waals surface area contributed by atoms with Gasteiger partial charge in [-0.25, -0.2) is 0 Å². The Hall–Kier alpha value is -3.10. The van der Waals surface area contributed by atoms with Crippen LogP contribution in [0, 0.1) is 0 Å². The van der Waals surface area contributed by atoms with Crippen LogP contribution in [0.4, 0.5) is 0 Å². The fourth-order valence-corrected chi connectivity index (χ4v) is 5.14. The minimum Gasteiger partial charge on any atom is -0.497 e. The number of ether oxygens (including phenoxy) is 1.